The lowest BCUT2D eigenvalue weighted by Crippen LogP contribution is -2.67. The number of nitrogens with zero attached hydrogens (tertiary/aromatic N) is 7. The molecular formula is C33H38Cl2F3N7O2. The number of hydrogen-bond acceptors (Lipinski definition) is 7. The molecule has 0 bridgehead atoms. The van der Waals surface area contributed by atoms with Gasteiger partial charge >= 0.3 is 6.18 Å². The van der Waals surface area contributed by atoms with Gasteiger partial charge in [-0.15, -0.1) is 29.9 Å². The predicted molar refractivity (Wildman–Crippen MR) is 176 cm³/mol. The fourth-order valence-corrected chi connectivity index (χ4v) is 6.84. The molecule has 2 atom stereocenters. The van der Waals surface area contributed by atoms with Gasteiger partial charge in [-0.2, -0.15) is 17.9 Å². The first-order valence-electron chi connectivity index (χ1n) is 15.2. The zero-order valence-electron chi connectivity index (χ0n) is 26.1. The second-order valence-corrected chi connectivity index (χ2v) is 11.6. The third-order valence-corrected chi connectivity index (χ3v) is 8.85. The van der Waals surface area contributed by atoms with Crippen LogP contribution in [-0.2, 0) is 17.5 Å². The van der Waals surface area contributed by atoms with Crippen LogP contribution in [0.5, 0.6) is 5.75 Å². The van der Waals surface area contributed by atoms with E-state index >= 15 is 0 Å². The molecule has 2 saturated heterocycles. The van der Waals surface area contributed by atoms with Gasteiger partial charge in [-0.25, -0.2) is 0 Å². The highest BCUT2D eigenvalue weighted by Gasteiger charge is 2.43. The van der Waals surface area contributed by atoms with Gasteiger partial charge in [0, 0.05) is 69.3 Å². The van der Waals surface area contributed by atoms with E-state index in [4.69, 9.17) is 4.74 Å². The Bertz CT molecular complexity index is 1570. The lowest BCUT2D eigenvalue weighted by atomic mass is 9.81. The Morgan fingerprint density at radius 2 is 1.60 bits per heavy atom. The molecule has 2 aliphatic rings. The lowest BCUT2D eigenvalue weighted by Gasteiger charge is -2.53. The van der Waals surface area contributed by atoms with E-state index in [9.17, 15) is 18.0 Å². The summed E-state index contributed by atoms with van der Waals surface area (Å²) in [6.45, 7) is 5.78. The van der Waals surface area contributed by atoms with Gasteiger partial charge in [0.05, 0.1) is 12.8 Å². The SMILES string of the molecule is CCC(=O)N1CCN2[C@H](CN(Cc3cc(-n4nnnc4C(F)(F)F)ccc3OC)C[C@H]2C(c2ccccc2)c2ccccc2)C1.Cl.Cl. The minimum atomic E-state index is -4.71. The van der Waals surface area contributed by atoms with Crippen LogP contribution in [0.1, 0.15) is 41.8 Å². The Hall–Kier alpha value is -3.71. The molecule has 4 aromatic rings. The summed E-state index contributed by atoms with van der Waals surface area (Å²) in [5.41, 5.74) is 3.33. The third-order valence-electron chi connectivity index (χ3n) is 8.85. The van der Waals surface area contributed by atoms with Crippen molar-refractivity contribution >= 4 is 30.7 Å². The van der Waals surface area contributed by atoms with Crippen molar-refractivity contribution in [1.29, 1.82) is 0 Å². The molecule has 1 amide bonds. The summed E-state index contributed by atoms with van der Waals surface area (Å²) in [4.78, 5) is 19.6. The molecule has 2 fully saturated rings. The van der Waals surface area contributed by atoms with Crippen molar-refractivity contribution in [2.45, 2.75) is 44.1 Å². The summed E-state index contributed by atoms with van der Waals surface area (Å²) < 4.78 is 47.3. The number of piperazine rings is 2. The van der Waals surface area contributed by atoms with E-state index in [1.165, 1.54) is 17.2 Å². The van der Waals surface area contributed by atoms with Gasteiger partial charge in [-0.3, -0.25) is 14.6 Å². The Morgan fingerprint density at radius 3 is 2.19 bits per heavy atom. The Kier molecular flexibility index (Phi) is 11.9. The number of carbonyl (C=O) groups is 1. The van der Waals surface area contributed by atoms with Crippen LogP contribution in [0.25, 0.3) is 5.69 Å². The van der Waals surface area contributed by atoms with Gasteiger partial charge < -0.3 is 9.64 Å². The summed E-state index contributed by atoms with van der Waals surface area (Å²) in [6, 6.07) is 25.9. The molecule has 6 rings (SSSR count). The Morgan fingerprint density at radius 1 is 0.936 bits per heavy atom. The number of hydrogen-bond donors (Lipinski definition) is 0. The third kappa shape index (κ3) is 7.72. The fourth-order valence-electron chi connectivity index (χ4n) is 6.84. The van der Waals surface area contributed by atoms with Crippen LogP contribution >= 0.6 is 24.8 Å². The minimum absolute atomic E-state index is 0. The highest BCUT2D eigenvalue weighted by atomic mass is 35.5. The minimum Gasteiger partial charge on any atom is -0.496 e. The average molecular weight is 693 g/mol. The maximum absolute atomic E-state index is 13.6. The molecule has 9 nitrogen and oxygen atoms in total. The van der Waals surface area contributed by atoms with Crippen LogP contribution in [0.4, 0.5) is 13.2 Å². The molecule has 0 N–H and O–H groups in total. The topological polar surface area (TPSA) is 79.6 Å². The van der Waals surface area contributed by atoms with Crippen molar-refractivity contribution in [2.24, 2.45) is 0 Å². The van der Waals surface area contributed by atoms with Crippen molar-refractivity contribution in [3.05, 3.63) is 101 Å². The zero-order valence-corrected chi connectivity index (χ0v) is 27.7. The van der Waals surface area contributed by atoms with Crippen LogP contribution in [0.2, 0.25) is 0 Å². The number of methoxy groups -OCH3 is 1. The van der Waals surface area contributed by atoms with Crippen molar-refractivity contribution in [2.75, 3.05) is 39.8 Å². The maximum atomic E-state index is 13.6. The molecule has 14 heteroatoms. The number of alkyl halides is 3. The second-order valence-electron chi connectivity index (χ2n) is 11.6. The van der Waals surface area contributed by atoms with E-state index in [2.05, 4.69) is 73.9 Å². The van der Waals surface area contributed by atoms with E-state index in [1.807, 2.05) is 24.0 Å². The molecule has 3 heterocycles. The smallest absolute Gasteiger partial charge is 0.453 e. The quantitative estimate of drug-likeness (QED) is 0.243. The van der Waals surface area contributed by atoms with Crippen LogP contribution in [-0.4, -0.2) is 92.7 Å². The van der Waals surface area contributed by atoms with E-state index in [-0.39, 0.29) is 54.4 Å². The highest BCUT2D eigenvalue weighted by Crippen LogP contribution is 2.37. The van der Waals surface area contributed by atoms with Crippen molar-refractivity contribution in [3.63, 3.8) is 0 Å². The Labute approximate surface area is 284 Å². The number of carbonyl (C=O) groups excluding carboxylic acids is 1. The number of fused-ring (bicyclic) bond motifs is 1. The highest BCUT2D eigenvalue weighted by molar-refractivity contribution is 5.85. The molecule has 47 heavy (non-hydrogen) atoms. The maximum Gasteiger partial charge on any atom is 0.453 e. The Balaban J connectivity index is 0.00000250. The average Bonchev–Trinajstić information content (AvgIpc) is 3.57. The molecule has 0 radical (unpaired) electrons. The summed E-state index contributed by atoms with van der Waals surface area (Å²) in [6.07, 6.45) is -4.25. The first-order valence-corrected chi connectivity index (χ1v) is 15.2. The van der Waals surface area contributed by atoms with Crippen molar-refractivity contribution in [1.82, 2.24) is 34.9 Å². The summed E-state index contributed by atoms with van der Waals surface area (Å²) >= 11 is 0. The molecule has 2 aliphatic heterocycles. The molecule has 0 spiro atoms. The number of halogens is 5. The molecule has 3 aromatic carbocycles. The standard InChI is InChI=1S/C33H36F3N7O2.2ClH/c1-3-30(44)41-16-17-42-27(21-41)20-40(22-28(42)31(23-10-6-4-7-11-23)24-12-8-5-9-13-24)19-25-18-26(14-15-29(25)45-2)43-32(33(34,35)36)37-38-39-43;;/h4-15,18,27-28,31H,3,16-17,19-22H2,1-2H3;2*1H/t27-,28+;;/m1../s1. The number of tetrazole rings is 1. The van der Waals surface area contributed by atoms with Crippen LogP contribution in [0.15, 0.2) is 78.9 Å². The molecule has 1 aromatic heterocycles. The van der Waals surface area contributed by atoms with Gasteiger partial charge in [0.15, 0.2) is 0 Å². The number of aromatic nitrogens is 4. The van der Waals surface area contributed by atoms with Gasteiger partial charge in [0.25, 0.3) is 5.82 Å². The van der Waals surface area contributed by atoms with E-state index < -0.39 is 12.0 Å². The monoisotopic (exact) mass is 691 g/mol. The van der Waals surface area contributed by atoms with Gasteiger partial charge in [-0.1, -0.05) is 67.6 Å². The van der Waals surface area contributed by atoms with Gasteiger partial charge in [0.2, 0.25) is 5.91 Å². The van der Waals surface area contributed by atoms with E-state index in [0.717, 1.165) is 12.1 Å². The summed E-state index contributed by atoms with van der Waals surface area (Å²) in [5, 5.41) is 10.1. The molecule has 0 aliphatic carbocycles. The fraction of sp³-hybridized carbons (Fsp3) is 0.394. The van der Waals surface area contributed by atoms with Crippen LogP contribution in [0, 0.1) is 0 Å². The number of amides is 1. The normalized spacial score (nSPS) is 18.6. The molecule has 0 saturated carbocycles. The van der Waals surface area contributed by atoms with E-state index in [1.54, 1.807) is 19.2 Å². The first kappa shape index (κ1) is 36.1. The van der Waals surface area contributed by atoms with Crippen LogP contribution < -0.4 is 4.74 Å². The number of rotatable bonds is 8. The lowest BCUT2D eigenvalue weighted by molar-refractivity contribution is -0.146. The van der Waals surface area contributed by atoms with E-state index in [0.29, 0.717) is 49.6 Å². The summed E-state index contributed by atoms with van der Waals surface area (Å²) in [7, 11) is 1.55. The molecular weight excluding hydrogens is 654 g/mol. The zero-order chi connectivity index (χ0) is 31.6. The summed E-state index contributed by atoms with van der Waals surface area (Å²) in [5.74, 6) is -0.422. The van der Waals surface area contributed by atoms with Crippen molar-refractivity contribution in [3.8, 4) is 11.4 Å². The van der Waals surface area contributed by atoms with Gasteiger partial charge in [0.1, 0.15) is 5.75 Å². The molecule has 0 unspecified atom stereocenters. The predicted octanol–water partition coefficient (Wildman–Crippen LogP) is 5.47. The number of ether oxygens (including phenoxy) is 1. The molecule has 252 valence electrons. The second kappa shape index (κ2) is 15.5. The van der Waals surface area contributed by atoms with Crippen molar-refractivity contribution < 1.29 is 22.7 Å². The van der Waals surface area contributed by atoms with Crippen LogP contribution in [0.3, 0.4) is 0 Å². The van der Waals surface area contributed by atoms with Gasteiger partial charge in [-0.05, 0) is 39.8 Å². The first-order chi connectivity index (χ1) is 21.8. The largest absolute Gasteiger partial charge is 0.496 e. The number of benzene rings is 3.